The molecule has 3 N–H and O–H groups in total. The third-order valence-corrected chi connectivity index (χ3v) is 11.5. The fraction of sp³-hybridized carbons (Fsp3) is 0.667. The number of likely N-dealkylation sites (tertiary alicyclic amines) is 1. The number of amides is 1. The first-order valence-electron chi connectivity index (χ1n) is 16.1. The number of fused-ring (bicyclic) bond motifs is 2. The fourth-order valence-electron chi connectivity index (χ4n) is 8.54. The van der Waals surface area contributed by atoms with Crippen LogP contribution >= 0.6 is 0 Å². The van der Waals surface area contributed by atoms with E-state index in [0.717, 1.165) is 50.9 Å². The van der Waals surface area contributed by atoms with E-state index in [-0.39, 0.29) is 40.7 Å². The minimum atomic E-state index is -0.682. The molecule has 0 radical (unpaired) electrons. The summed E-state index contributed by atoms with van der Waals surface area (Å²) in [6, 6.07) is 5.66. The van der Waals surface area contributed by atoms with E-state index in [1.54, 1.807) is 13.1 Å². The number of hydrogen-bond acceptors (Lipinski definition) is 7. The van der Waals surface area contributed by atoms with Gasteiger partial charge in [-0.25, -0.2) is 13.8 Å². The van der Waals surface area contributed by atoms with Crippen molar-refractivity contribution in [2.45, 2.75) is 77.8 Å². The lowest BCUT2D eigenvalue weighted by atomic mass is 9.40. The average Bonchev–Trinajstić information content (AvgIpc) is 2.99. The smallest absolute Gasteiger partial charge is 0.229 e. The van der Waals surface area contributed by atoms with Gasteiger partial charge in [-0.05, 0) is 99.9 Å². The second-order valence-electron chi connectivity index (χ2n) is 14.2. The topological polar surface area (TPSA) is 85.4 Å². The predicted molar refractivity (Wildman–Crippen MR) is 166 cm³/mol. The summed E-state index contributed by atoms with van der Waals surface area (Å²) in [7, 11) is 1.64. The monoisotopic (exact) mass is 595 g/mol. The second kappa shape index (κ2) is 11.5. The number of nitrogens with one attached hydrogen (secondary N) is 3. The first-order chi connectivity index (χ1) is 20.5. The van der Waals surface area contributed by atoms with E-state index in [1.807, 2.05) is 13.0 Å². The van der Waals surface area contributed by atoms with Crippen LogP contribution in [0.5, 0.6) is 0 Å². The van der Waals surface area contributed by atoms with Crippen LogP contribution in [0.4, 0.5) is 31.9 Å². The molecule has 10 heteroatoms. The van der Waals surface area contributed by atoms with E-state index in [2.05, 4.69) is 56.5 Å². The Kier molecular flexibility index (Phi) is 8.02. The number of carbonyl (C=O) groups is 1. The number of piperidine rings is 2. The quantitative estimate of drug-likeness (QED) is 0.373. The maximum absolute atomic E-state index is 15.4. The van der Waals surface area contributed by atoms with Crippen molar-refractivity contribution in [2.24, 2.45) is 29.1 Å². The highest BCUT2D eigenvalue weighted by molar-refractivity contribution is 5.81. The molecular weight excluding hydrogens is 548 g/mol. The van der Waals surface area contributed by atoms with Gasteiger partial charge in [-0.15, -0.1) is 0 Å². The van der Waals surface area contributed by atoms with Gasteiger partial charge in [-0.3, -0.25) is 4.79 Å². The Bertz CT molecular complexity index is 1340. The standard InChI is InChI=1S/C33H47F2N7O/c1-20-8-12-41(13-9-20)23-10-14-42(15-11-23)27-7-6-22(18-25(27)34)38-31-37-19-26(35)29(39-31)40-33(4)24(30(43)36-5)16-21-17-28(33)32(21,2)3/h6-7,18-21,23-24,28H,8-17H2,1-5H3,(H,36,43)(H2,37,38,39,40)/t21-,24-,28-,33+/m1/s1. The highest BCUT2D eigenvalue weighted by Crippen LogP contribution is 2.65. The van der Waals surface area contributed by atoms with Crippen LogP contribution in [-0.4, -0.2) is 65.6 Å². The van der Waals surface area contributed by atoms with Crippen molar-refractivity contribution in [3.63, 3.8) is 0 Å². The van der Waals surface area contributed by atoms with E-state index in [1.165, 1.54) is 32.0 Å². The summed E-state index contributed by atoms with van der Waals surface area (Å²) >= 11 is 0. The Labute approximate surface area is 254 Å². The van der Waals surface area contributed by atoms with Crippen molar-refractivity contribution in [1.29, 1.82) is 0 Å². The molecule has 2 saturated heterocycles. The molecule has 2 aromatic rings. The van der Waals surface area contributed by atoms with Gasteiger partial charge in [0.2, 0.25) is 11.9 Å². The number of carbonyl (C=O) groups excluding carboxylic acids is 1. The third-order valence-electron chi connectivity index (χ3n) is 11.5. The molecule has 0 spiro atoms. The van der Waals surface area contributed by atoms with Gasteiger partial charge in [0.15, 0.2) is 11.6 Å². The molecule has 2 bridgehead atoms. The average molecular weight is 596 g/mol. The molecule has 5 aliphatic rings. The zero-order valence-electron chi connectivity index (χ0n) is 26.2. The molecule has 3 heterocycles. The summed E-state index contributed by atoms with van der Waals surface area (Å²) in [4.78, 5) is 26.2. The molecule has 2 aliphatic heterocycles. The highest BCUT2D eigenvalue weighted by Gasteiger charge is 2.64. The normalized spacial score (nSPS) is 29.6. The second-order valence-corrected chi connectivity index (χ2v) is 14.2. The summed E-state index contributed by atoms with van der Waals surface area (Å²) in [5.41, 5.74) is 0.451. The van der Waals surface area contributed by atoms with Crippen LogP contribution in [-0.2, 0) is 4.79 Å². The van der Waals surface area contributed by atoms with Gasteiger partial charge in [0.05, 0.1) is 23.3 Å². The van der Waals surface area contributed by atoms with Crippen molar-refractivity contribution >= 4 is 29.0 Å². The Morgan fingerprint density at radius 1 is 1.00 bits per heavy atom. The predicted octanol–water partition coefficient (Wildman–Crippen LogP) is 5.80. The SMILES string of the molecule is CNC(=O)[C@H]1C[C@@H]2C[C@H](C2(C)C)[C@@]1(C)Nc1nc(Nc2ccc(N3CCC(N4CCC(C)CC4)CC3)c(F)c2)ncc1F. The van der Waals surface area contributed by atoms with Crippen molar-refractivity contribution in [3.05, 3.63) is 36.0 Å². The molecule has 234 valence electrons. The van der Waals surface area contributed by atoms with E-state index in [0.29, 0.717) is 23.3 Å². The first kappa shape index (κ1) is 30.0. The number of aromatic nitrogens is 2. The van der Waals surface area contributed by atoms with Gasteiger partial charge < -0.3 is 25.8 Å². The molecule has 0 unspecified atom stereocenters. The van der Waals surface area contributed by atoms with Crippen molar-refractivity contribution in [2.75, 3.05) is 48.8 Å². The number of halogens is 2. The van der Waals surface area contributed by atoms with Crippen molar-refractivity contribution in [3.8, 4) is 0 Å². The van der Waals surface area contributed by atoms with Crippen LogP contribution in [0.3, 0.4) is 0 Å². The van der Waals surface area contributed by atoms with Gasteiger partial charge in [0.1, 0.15) is 5.82 Å². The zero-order valence-corrected chi connectivity index (χ0v) is 26.2. The zero-order chi connectivity index (χ0) is 30.5. The maximum atomic E-state index is 15.4. The fourth-order valence-corrected chi connectivity index (χ4v) is 8.54. The van der Waals surface area contributed by atoms with Crippen molar-refractivity contribution in [1.82, 2.24) is 20.2 Å². The maximum Gasteiger partial charge on any atom is 0.229 e. The third kappa shape index (κ3) is 5.56. The summed E-state index contributed by atoms with van der Waals surface area (Å²) < 4.78 is 30.4. The molecule has 1 amide bonds. The van der Waals surface area contributed by atoms with Gasteiger partial charge in [0, 0.05) is 31.9 Å². The van der Waals surface area contributed by atoms with E-state index in [4.69, 9.17) is 0 Å². The molecule has 1 aromatic carbocycles. The molecule has 5 fully saturated rings. The molecule has 43 heavy (non-hydrogen) atoms. The van der Waals surface area contributed by atoms with Gasteiger partial charge in [-0.2, -0.15) is 4.98 Å². The summed E-state index contributed by atoms with van der Waals surface area (Å²) in [5, 5.41) is 9.19. The van der Waals surface area contributed by atoms with Gasteiger partial charge >= 0.3 is 0 Å². The Morgan fingerprint density at radius 2 is 1.72 bits per heavy atom. The van der Waals surface area contributed by atoms with E-state index >= 15 is 8.78 Å². The van der Waals surface area contributed by atoms with Gasteiger partial charge in [-0.1, -0.05) is 20.8 Å². The first-order valence-corrected chi connectivity index (χ1v) is 16.1. The summed E-state index contributed by atoms with van der Waals surface area (Å²) in [6.45, 7) is 12.8. The number of nitrogens with zero attached hydrogens (tertiary/aromatic N) is 4. The lowest BCUT2D eigenvalue weighted by Gasteiger charge is -2.66. The van der Waals surface area contributed by atoms with E-state index < -0.39 is 11.4 Å². The van der Waals surface area contributed by atoms with Crippen LogP contribution in [0.2, 0.25) is 0 Å². The molecule has 4 atom stereocenters. The lowest BCUT2D eigenvalue weighted by Crippen LogP contribution is -2.69. The summed E-state index contributed by atoms with van der Waals surface area (Å²) in [6.07, 6.45) is 7.48. The minimum Gasteiger partial charge on any atom is -0.369 e. The van der Waals surface area contributed by atoms with Crippen LogP contribution in [0, 0.1) is 40.7 Å². The molecule has 3 aliphatic carbocycles. The Hall–Kier alpha value is -3.01. The highest BCUT2D eigenvalue weighted by atomic mass is 19.1. The van der Waals surface area contributed by atoms with Crippen LogP contribution in [0.15, 0.2) is 24.4 Å². The molecule has 8 nitrogen and oxygen atoms in total. The molecule has 3 saturated carbocycles. The Morgan fingerprint density at radius 3 is 2.37 bits per heavy atom. The van der Waals surface area contributed by atoms with Crippen LogP contribution < -0.4 is 20.9 Å². The van der Waals surface area contributed by atoms with Crippen LogP contribution in [0.1, 0.15) is 66.2 Å². The number of hydrogen-bond donors (Lipinski definition) is 3. The van der Waals surface area contributed by atoms with E-state index in [9.17, 15) is 4.79 Å². The lowest BCUT2D eigenvalue weighted by molar-refractivity contribution is -0.155. The van der Waals surface area contributed by atoms with Crippen LogP contribution in [0.25, 0.3) is 0 Å². The van der Waals surface area contributed by atoms with Gasteiger partial charge in [0.25, 0.3) is 0 Å². The number of rotatable bonds is 7. The number of anilines is 4. The summed E-state index contributed by atoms with van der Waals surface area (Å²) in [5.74, 6) is 0.412. The molecule has 7 rings (SSSR count). The largest absolute Gasteiger partial charge is 0.369 e. The number of benzene rings is 1. The molecule has 1 aromatic heterocycles. The van der Waals surface area contributed by atoms with Crippen molar-refractivity contribution < 1.29 is 13.6 Å². The molecular formula is C33H47F2N7O. The Balaban J connectivity index is 1.13. The minimum absolute atomic E-state index is 0.0393.